The van der Waals surface area contributed by atoms with Gasteiger partial charge in [0, 0.05) is 30.9 Å². The molecule has 142 valence electrons. The molecule has 1 aromatic carbocycles. The summed E-state index contributed by atoms with van der Waals surface area (Å²) < 4.78 is 12.3. The van der Waals surface area contributed by atoms with Crippen molar-refractivity contribution >= 4 is 17.6 Å². The van der Waals surface area contributed by atoms with Crippen LogP contribution in [0.15, 0.2) is 70.0 Å². The van der Waals surface area contributed by atoms with Crippen LogP contribution in [0.4, 0.5) is 5.69 Å². The van der Waals surface area contributed by atoms with Crippen molar-refractivity contribution < 1.29 is 18.7 Å². The summed E-state index contributed by atoms with van der Waals surface area (Å²) in [5, 5.41) is 0. The maximum absolute atomic E-state index is 12.3. The number of esters is 1. The van der Waals surface area contributed by atoms with Crippen molar-refractivity contribution in [3.8, 4) is 5.75 Å². The molecule has 2 aromatic heterocycles. The predicted octanol–water partition coefficient (Wildman–Crippen LogP) is 2.84. The molecule has 7 nitrogen and oxygen atoms in total. The van der Waals surface area contributed by atoms with E-state index in [9.17, 15) is 14.4 Å². The molecule has 0 aliphatic carbocycles. The van der Waals surface area contributed by atoms with Crippen LogP contribution in [0.1, 0.15) is 29.2 Å². The van der Waals surface area contributed by atoms with E-state index in [0.29, 0.717) is 24.5 Å². The highest BCUT2D eigenvalue weighted by Crippen LogP contribution is 2.24. The van der Waals surface area contributed by atoms with Crippen LogP contribution >= 0.6 is 0 Å². The number of benzene rings is 1. The van der Waals surface area contributed by atoms with E-state index in [-0.39, 0.29) is 23.8 Å². The third-order valence-electron chi connectivity index (χ3n) is 4.52. The van der Waals surface area contributed by atoms with Gasteiger partial charge in [0.05, 0.1) is 6.54 Å². The van der Waals surface area contributed by atoms with Gasteiger partial charge in [-0.1, -0.05) is 6.07 Å². The summed E-state index contributed by atoms with van der Waals surface area (Å²) in [6.07, 6.45) is 3.06. The van der Waals surface area contributed by atoms with Gasteiger partial charge in [-0.2, -0.15) is 0 Å². The molecule has 0 bridgehead atoms. The maximum atomic E-state index is 12.3. The van der Waals surface area contributed by atoms with Gasteiger partial charge in [-0.3, -0.25) is 9.59 Å². The number of pyridine rings is 1. The summed E-state index contributed by atoms with van der Waals surface area (Å²) in [4.78, 5) is 37.5. The maximum Gasteiger partial charge on any atom is 0.379 e. The number of hydrogen-bond donors (Lipinski definition) is 0. The fraction of sp³-hybridized carbons (Fsp3) is 0.190. The highest BCUT2D eigenvalue weighted by atomic mass is 16.5. The van der Waals surface area contributed by atoms with Gasteiger partial charge in [0.25, 0.3) is 5.56 Å². The van der Waals surface area contributed by atoms with E-state index in [0.717, 1.165) is 12.1 Å². The molecular weight excluding hydrogens is 360 g/mol. The number of carbonyl (C=O) groups excluding carboxylic acids is 2. The smallest absolute Gasteiger partial charge is 0.379 e. The Balaban J connectivity index is 1.41. The molecule has 0 spiro atoms. The second kappa shape index (κ2) is 7.56. The van der Waals surface area contributed by atoms with Gasteiger partial charge in [-0.05, 0) is 48.9 Å². The molecule has 1 fully saturated rings. The zero-order valence-corrected chi connectivity index (χ0v) is 15.0. The first-order chi connectivity index (χ1) is 13.6. The average Bonchev–Trinajstić information content (AvgIpc) is 3.33. The lowest BCUT2D eigenvalue weighted by Crippen LogP contribution is -2.23. The van der Waals surface area contributed by atoms with Crippen LogP contribution in [0.2, 0.25) is 0 Å². The van der Waals surface area contributed by atoms with Gasteiger partial charge >= 0.3 is 5.97 Å². The SMILES string of the molecule is O=C(Oc1ccc(N2CCCC2=O)cc1)c1ccc(Cn2ccccc2=O)o1. The van der Waals surface area contributed by atoms with E-state index in [1.807, 2.05) is 0 Å². The topological polar surface area (TPSA) is 81.8 Å². The molecule has 28 heavy (non-hydrogen) atoms. The van der Waals surface area contributed by atoms with Crippen molar-refractivity contribution in [3.63, 3.8) is 0 Å². The highest BCUT2D eigenvalue weighted by Gasteiger charge is 2.21. The number of ether oxygens (including phenoxy) is 1. The Morgan fingerprint density at radius 3 is 2.57 bits per heavy atom. The van der Waals surface area contributed by atoms with Gasteiger partial charge < -0.3 is 18.6 Å². The molecule has 7 heteroatoms. The number of hydrogen-bond acceptors (Lipinski definition) is 5. The molecule has 1 saturated heterocycles. The molecular formula is C21H18N2O5. The van der Waals surface area contributed by atoms with Crippen LogP contribution in [-0.2, 0) is 11.3 Å². The van der Waals surface area contributed by atoms with Gasteiger partial charge in [-0.15, -0.1) is 0 Å². The Morgan fingerprint density at radius 2 is 1.86 bits per heavy atom. The van der Waals surface area contributed by atoms with E-state index >= 15 is 0 Å². The molecule has 0 N–H and O–H groups in total. The first kappa shape index (κ1) is 17.8. The molecule has 0 unspecified atom stereocenters. The fourth-order valence-electron chi connectivity index (χ4n) is 3.10. The third-order valence-corrected chi connectivity index (χ3v) is 4.52. The van der Waals surface area contributed by atoms with Crippen LogP contribution in [0, 0.1) is 0 Å². The van der Waals surface area contributed by atoms with Gasteiger partial charge in [0.15, 0.2) is 0 Å². The minimum absolute atomic E-state index is 0.0535. The van der Waals surface area contributed by atoms with Crippen molar-refractivity contribution in [2.75, 3.05) is 11.4 Å². The number of furan rings is 1. The lowest BCUT2D eigenvalue weighted by atomic mass is 10.3. The van der Waals surface area contributed by atoms with Gasteiger partial charge in [0.2, 0.25) is 11.7 Å². The monoisotopic (exact) mass is 378 g/mol. The van der Waals surface area contributed by atoms with Crippen LogP contribution in [-0.4, -0.2) is 23.0 Å². The first-order valence-electron chi connectivity index (χ1n) is 8.97. The summed E-state index contributed by atoms with van der Waals surface area (Å²) in [6, 6.07) is 14.8. The molecule has 1 aliphatic heterocycles. The van der Waals surface area contributed by atoms with E-state index in [1.54, 1.807) is 53.6 Å². The standard InChI is InChI=1S/C21H18N2O5/c24-19-4-1-2-12-22(19)14-17-10-11-18(27-17)21(26)28-16-8-6-15(7-9-16)23-13-3-5-20(23)25/h1-2,4,6-12H,3,5,13-14H2. The first-order valence-corrected chi connectivity index (χ1v) is 8.97. The van der Waals surface area contributed by atoms with Crippen molar-refractivity contribution in [2.24, 2.45) is 0 Å². The van der Waals surface area contributed by atoms with E-state index in [4.69, 9.17) is 9.15 Å². The van der Waals surface area contributed by atoms with Gasteiger partial charge in [0.1, 0.15) is 11.5 Å². The second-order valence-corrected chi connectivity index (χ2v) is 6.47. The van der Waals surface area contributed by atoms with Gasteiger partial charge in [-0.25, -0.2) is 4.79 Å². The number of aromatic nitrogens is 1. The van der Waals surface area contributed by atoms with Crippen molar-refractivity contribution in [1.82, 2.24) is 4.57 Å². The van der Waals surface area contributed by atoms with Crippen molar-refractivity contribution in [3.05, 3.63) is 82.7 Å². The lowest BCUT2D eigenvalue weighted by molar-refractivity contribution is -0.117. The van der Waals surface area contributed by atoms with E-state index in [2.05, 4.69) is 0 Å². The molecule has 0 radical (unpaired) electrons. The molecule has 1 aliphatic rings. The fourth-order valence-corrected chi connectivity index (χ4v) is 3.10. The van der Waals surface area contributed by atoms with E-state index in [1.165, 1.54) is 16.7 Å². The van der Waals surface area contributed by atoms with Crippen molar-refractivity contribution in [1.29, 1.82) is 0 Å². The molecule has 1 amide bonds. The quantitative estimate of drug-likeness (QED) is 0.504. The Bertz CT molecular complexity index is 1060. The van der Waals surface area contributed by atoms with Crippen LogP contribution in [0.25, 0.3) is 0 Å². The zero-order chi connectivity index (χ0) is 19.5. The molecule has 3 aromatic rings. The van der Waals surface area contributed by atoms with E-state index < -0.39 is 5.97 Å². The largest absolute Gasteiger partial charge is 0.452 e. The van der Waals surface area contributed by atoms with Crippen LogP contribution in [0.3, 0.4) is 0 Å². The minimum atomic E-state index is -0.628. The van der Waals surface area contributed by atoms with Crippen LogP contribution < -0.4 is 15.2 Å². The zero-order valence-electron chi connectivity index (χ0n) is 15.0. The number of anilines is 1. The van der Waals surface area contributed by atoms with Crippen LogP contribution in [0.5, 0.6) is 5.75 Å². The molecule has 0 atom stereocenters. The number of nitrogens with zero attached hydrogens (tertiary/aromatic N) is 2. The Labute approximate surface area is 160 Å². The number of carbonyl (C=O) groups is 2. The summed E-state index contributed by atoms with van der Waals surface area (Å²) in [5.41, 5.74) is 0.635. The Morgan fingerprint density at radius 1 is 1.04 bits per heavy atom. The second-order valence-electron chi connectivity index (χ2n) is 6.47. The average molecular weight is 378 g/mol. The number of amides is 1. The summed E-state index contributed by atoms with van der Waals surface area (Å²) in [6.45, 7) is 0.934. The lowest BCUT2D eigenvalue weighted by Gasteiger charge is -2.15. The molecule has 0 saturated carbocycles. The Hall–Kier alpha value is -3.61. The summed E-state index contributed by atoms with van der Waals surface area (Å²) in [5.74, 6) is 0.362. The highest BCUT2D eigenvalue weighted by molar-refractivity contribution is 5.95. The summed E-state index contributed by atoms with van der Waals surface area (Å²) >= 11 is 0. The third kappa shape index (κ3) is 3.73. The summed E-state index contributed by atoms with van der Waals surface area (Å²) in [7, 11) is 0. The molecule has 3 heterocycles. The number of rotatable bonds is 5. The Kier molecular flexibility index (Phi) is 4.80. The minimum Gasteiger partial charge on any atom is -0.452 e. The molecule has 4 rings (SSSR count). The predicted molar refractivity (Wildman–Crippen MR) is 101 cm³/mol. The normalized spacial score (nSPS) is 13.7. The van der Waals surface area contributed by atoms with Crippen molar-refractivity contribution in [2.45, 2.75) is 19.4 Å².